The van der Waals surface area contributed by atoms with E-state index < -0.39 is 0 Å². The molecular formula is C15H25NOS. The minimum atomic E-state index is 0.759. The van der Waals surface area contributed by atoms with E-state index in [-0.39, 0.29) is 0 Å². The van der Waals surface area contributed by atoms with E-state index in [0.29, 0.717) is 0 Å². The van der Waals surface area contributed by atoms with E-state index in [0.717, 1.165) is 23.1 Å². The third-order valence-corrected chi connectivity index (χ3v) is 4.49. The summed E-state index contributed by atoms with van der Waals surface area (Å²) in [5.41, 5.74) is 6.52. The molecule has 0 aliphatic rings. The Morgan fingerprint density at radius 2 is 2.11 bits per heavy atom. The van der Waals surface area contributed by atoms with Crippen LogP contribution in [-0.4, -0.2) is 12.9 Å². The Kier molecular flexibility index (Phi) is 7.02. The van der Waals surface area contributed by atoms with Crippen LogP contribution >= 0.6 is 11.8 Å². The normalized spacial score (nSPS) is 12.4. The van der Waals surface area contributed by atoms with Crippen LogP contribution in [0.15, 0.2) is 23.1 Å². The van der Waals surface area contributed by atoms with Gasteiger partial charge in [-0.1, -0.05) is 33.1 Å². The van der Waals surface area contributed by atoms with Crippen LogP contribution in [0.4, 0.5) is 5.69 Å². The zero-order valence-electron chi connectivity index (χ0n) is 11.7. The van der Waals surface area contributed by atoms with Crippen molar-refractivity contribution in [1.29, 1.82) is 0 Å². The number of methoxy groups -OCH3 is 1. The van der Waals surface area contributed by atoms with Crippen LogP contribution in [0.1, 0.15) is 39.5 Å². The average Bonchev–Trinajstić information content (AvgIpc) is 2.40. The minimum Gasteiger partial charge on any atom is -0.496 e. The molecule has 0 heterocycles. The zero-order valence-corrected chi connectivity index (χ0v) is 12.6. The summed E-state index contributed by atoms with van der Waals surface area (Å²) in [4.78, 5) is 1.20. The second-order valence-electron chi connectivity index (χ2n) is 4.64. The molecular weight excluding hydrogens is 242 g/mol. The number of anilines is 1. The summed E-state index contributed by atoms with van der Waals surface area (Å²) in [6.07, 6.45) is 5.20. The molecule has 1 aromatic carbocycles. The van der Waals surface area contributed by atoms with Gasteiger partial charge in [-0.3, -0.25) is 0 Å². The Bertz CT molecular complexity index is 354. The standard InChI is InChI=1S/C15H25NOS/c1-4-6-7-12(5-2)11-18-15-9-8-13(16)10-14(15)17-3/h8-10,12H,4-7,11,16H2,1-3H3. The highest BCUT2D eigenvalue weighted by Crippen LogP contribution is 2.33. The van der Waals surface area contributed by atoms with Gasteiger partial charge in [-0.2, -0.15) is 0 Å². The number of hydrogen-bond donors (Lipinski definition) is 1. The summed E-state index contributed by atoms with van der Waals surface area (Å²) in [6.45, 7) is 4.53. The van der Waals surface area contributed by atoms with Gasteiger partial charge < -0.3 is 10.5 Å². The van der Waals surface area contributed by atoms with Crippen molar-refractivity contribution in [2.45, 2.75) is 44.4 Å². The zero-order chi connectivity index (χ0) is 13.4. The maximum Gasteiger partial charge on any atom is 0.134 e. The molecule has 102 valence electrons. The molecule has 0 fully saturated rings. The Labute approximate surface area is 115 Å². The molecule has 18 heavy (non-hydrogen) atoms. The first-order valence-electron chi connectivity index (χ1n) is 6.77. The summed E-state index contributed by atoms with van der Waals surface area (Å²) in [5.74, 6) is 2.86. The number of hydrogen-bond acceptors (Lipinski definition) is 3. The number of ether oxygens (including phenoxy) is 1. The van der Waals surface area contributed by atoms with Crippen molar-refractivity contribution < 1.29 is 4.74 Å². The van der Waals surface area contributed by atoms with Crippen molar-refractivity contribution in [1.82, 2.24) is 0 Å². The predicted molar refractivity (Wildman–Crippen MR) is 81.4 cm³/mol. The molecule has 2 nitrogen and oxygen atoms in total. The molecule has 3 heteroatoms. The maximum atomic E-state index is 5.76. The average molecular weight is 267 g/mol. The van der Waals surface area contributed by atoms with E-state index in [9.17, 15) is 0 Å². The first kappa shape index (κ1) is 15.2. The van der Waals surface area contributed by atoms with E-state index in [4.69, 9.17) is 10.5 Å². The van der Waals surface area contributed by atoms with E-state index in [1.165, 1.54) is 30.6 Å². The number of nitrogen functional groups attached to an aromatic ring is 1. The van der Waals surface area contributed by atoms with Gasteiger partial charge in [0.15, 0.2) is 0 Å². The molecule has 2 N–H and O–H groups in total. The first-order chi connectivity index (χ1) is 8.71. The molecule has 0 saturated heterocycles. The Morgan fingerprint density at radius 1 is 1.33 bits per heavy atom. The van der Waals surface area contributed by atoms with Gasteiger partial charge in [-0.25, -0.2) is 0 Å². The van der Waals surface area contributed by atoms with Gasteiger partial charge in [0.05, 0.1) is 7.11 Å². The second-order valence-corrected chi connectivity index (χ2v) is 5.70. The van der Waals surface area contributed by atoms with E-state index >= 15 is 0 Å². The molecule has 1 unspecified atom stereocenters. The van der Waals surface area contributed by atoms with Gasteiger partial charge in [0, 0.05) is 22.4 Å². The molecule has 1 aromatic rings. The maximum absolute atomic E-state index is 5.76. The van der Waals surface area contributed by atoms with Crippen LogP contribution in [-0.2, 0) is 0 Å². The number of benzene rings is 1. The number of nitrogens with two attached hydrogens (primary N) is 1. The number of unbranched alkanes of at least 4 members (excludes halogenated alkanes) is 1. The Hall–Kier alpha value is -0.830. The van der Waals surface area contributed by atoms with Gasteiger partial charge in [-0.05, 0) is 24.5 Å². The number of thioether (sulfide) groups is 1. The molecule has 0 aliphatic carbocycles. The largest absolute Gasteiger partial charge is 0.496 e. The monoisotopic (exact) mass is 267 g/mol. The van der Waals surface area contributed by atoms with Crippen molar-refractivity contribution in [2.24, 2.45) is 5.92 Å². The fraction of sp³-hybridized carbons (Fsp3) is 0.600. The lowest BCUT2D eigenvalue weighted by Gasteiger charge is -2.15. The highest BCUT2D eigenvalue weighted by Gasteiger charge is 2.09. The Morgan fingerprint density at radius 3 is 2.72 bits per heavy atom. The molecule has 1 rings (SSSR count). The Balaban J connectivity index is 2.56. The molecule has 0 aliphatic heterocycles. The lowest BCUT2D eigenvalue weighted by molar-refractivity contribution is 0.405. The van der Waals surface area contributed by atoms with Gasteiger partial charge >= 0.3 is 0 Å². The van der Waals surface area contributed by atoms with Gasteiger partial charge in [-0.15, -0.1) is 11.8 Å². The van der Waals surface area contributed by atoms with Gasteiger partial charge in [0.25, 0.3) is 0 Å². The van der Waals surface area contributed by atoms with E-state index in [2.05, 4.69) is 19.9 Å². The molecule has 0 amide bonds. The summed E-state index contributed by atoms with van der Waals surface area (Å²) >= 11 is 1.88. The third kappa shape index (κ3) is 4.81. The van der Waals surface area contributed by atoms with Gasteiger partial charge in [0.1, 0.15) is 5.75 Å². The van der Waals surface area contributed by atoms with Crippen molar-refractivity contribution in [3.05, 3.63) is 18.2 Å². The van der Waals surface area contributed by atoms with E-state index in [1.807, 2.05) is 23.9 Å². The van der Waals surface area contributed by atoms with Gasteiger partial charge in [0.2, 0.25) is 0 Å². The highest BCUT2D eigenvalue weighted by molar-refractivity contribution is 7.99. The minimum absolute atomic E-state index is 0.759. The van der Waals surface area contributed by atoms with Crippen molar-refractivity contribution in [3.8, 4) is 5.75 Å². The lowest BCUT2D eigenvalue weighted by atomic mass is 10.0. The summed E-state index contributed by atoms with van der Waals surface area (Å²) in [5, 5.41) is 0. The SMILES string of the molecule is CCCCC(CC)CSc1ccc(N)cc1OC. The second kappa shape index (κ2) is 8.30. The summed E-state index contributed by atoms with van der Waals surface area (Å²) in [6, 6.07) is 5.90. The van der Waals surface area contributed by atoms with Crippen molar-refractivity contribution in [2.75, 3.05) is 18.6 Å². The molecule has 0 aromatic heterocycles. The fourth-order valence-corrected chi connectivity index (χ4v) is 3.18. The van der Waals surface area contributed by atoms with Crippen molar-refractivity contribution >= 4 is 17.4 Å². The van der Waals surface area contributed by atoms with Crippen LogP contribution in [0, 0.1) is 5.92 Å². The smallest absolute Gasteiger partial charge is 0.134 e. The van der Waals surface area contributed by atoms with Crippen LogP contribution in [0.5, 0.6) is 5.75 Å². The van der Waals surface area contributed by atoms with E-state index in [1.54, 1.807) is 7.11 Å². The molecule has 1 atom stereocenters. The predicted octanol–water partition coefficient (Wildman–Crippen LogP) is 4.59. The fourth-order valence-electron chi connectivity index (χ4n) is 1.91. The number of rotatable bonds is 8. The van der Waals surface area contributed by atoms with Crippen LogP contribution in [0.2, 0.25) is 0 Å². The molecule has 0 saturated carbocycles. The first-order valence-corrected chi connectivity index (χ1v) is 7.76. The van der Waals surface area contributed by atoms with Crippen LogP contribution < -0.4 is 10.5 Å². The molecule has 0 spiro atoms. The topological polar surface area (TPSA) is 35.2 Å². The molecule has 0 bridgehead atoms. The summed E-state index contributed by atoms with van der Waals surface area (Å²) < 4.78 is 5.37. The highest BCUT2D eigenvalue weighted by atomic mass is 32.2. The van der Waals surface area contributed by atoms with Crippen molar-refractivity contribution in [3.63, 3.8) is 0 Å². The lowest BCUT2D eigenvalue weighted by Crippen LogP contribution is -2.02. The van der Waals surface area contributed by atoms with Crippen LogP contribution in [0.25, 0.3) is 0 Å². The third-order valence-electron chi connectivity index (χ3n) is 3.21. The summed E-state index contributed by atoms with van der Waals surface area (Å²) in [7, 11) is 1.70. The molecule has 0 radical (unpaired) electrons. The quantitative estimate of drug-likeness (QED) is 0.553. The van der Waals surface area contributed by atoms with Crippen LogP contribution in [0.3, 0.4) is 0 Å².